The lowest BCUT2D eigenvalue weighted by Crippen LogP contribution is -2.34. The minimum Gasteiger partial charge on any atom is -0.381 e. The molecule has 0 aromatic heterocycles. The maximum atomic E-state index is 13.3. The fraction of sp³-hybridized carbons (Fsp3) is 0.571. The van der Waals surface area contributed by atoms with Crippen molar-refractivity contribution in [1.29, 1.82) is 0 Å². The SMILES string of the molecule is Fc1ccccc1NCCNC1CCCCC1. The molecule has 0 bridgehead atoms. The van der Waals surface area contributed by atoms with E-state index < -0.39 is 0 Å². The number of anilines is 1. The van der Waals surface area contributed by atoms with Gasteiger partial charge < -0.3 is 10.6 Å². The minimum absolute atomic E-state index is 0.176. The van der Waals surface area contributed by atoms with Crippen molar-refractivity contribution in [3.05, 3.63) is 30.1 Å². The quantitative estimate of drug-likeness (QED) is 0.767. The predicted molar refractivity (Wildman–Crippen MR) is 69.8 cm³/mol. The molecule has 1 saturated carbocycles. The minimum atomic E-state index is -0.176. The number of hydrogen-bond acceptors (Lipinski definition) is 2. The highest BCUT2D eigenvalue weighted by molar-refractivity contribution is 5.44. The summed E-state index contributed by atoms with van der Waals surface area (Å²) >= 11 is 0. The van der Waals surface area contributed by atoms with Gasteiger partial charge in [-0.3, -0.25) is 0 Å². The molecule has 1 aromatic rings. The summed E-state index contributed by atoms with van der Waals surface area (Å²) in [7, 11) is 0. The average molecular weight is 236 g/mol. The third-order valence-electron chi connectivity index (χ3n) is 3.35. The molecule has 2 rings (SSSR count). The summed E-state index contributed by atoms with van der Waals surface area (Å²) in [6, 6.07) is 7.49. The second-order valence-electron chi connectivity index (χ2n) is 4.70. The molecule has 1 fully saturated rings. The normalized spacial score (nSPS) is 17.0. The summed E-state index contributed by atoms with van der Waals surface area (Å²) in [4.78, 5) is 0. The maximum absolute atomic E-state index is 13.3. The fourth-order valence-corrected chi connectivity index (χ4v) is 2.38. The Balaban J connectivity index is 1.64. The molecule has 0 radical (unpaired) electrons. The number of halogens is 1. The van der Waals surface area contributed by atoms with Crippen molar-refractivity contribution >= 4 is 5.69 Å². The van der Waals surface area contributed by atoms with Gasteiger partial charge in [-0.1, -0.05) is 31.4 Å². The van der Waals surface area contributed by atoms with Crippen molar-refractivity contribution in [3.8, 4) is 0 Å². The van der Waals surface area contributed by atoms with Gasteiger partial charge >= 0.3 is 0 Å². The van der Waals surface area contributed by atoms with Crippen molar-refractivity contribution in [2.75, 3.05) is 18.4 Å². The number of nitrogens with one attached hydrogen (secondary N) is 2. The molecule has 0 amide bonds. The van der Waals surface area contributed by atoms with Crippen molar-refractivity contribution in [1.82, 2.24) is 5.32 Å². The van der Waals surface area contributed by atoms with Crippen LogP contribution in [0.4, 0.5) is 10.1 Å². The summed E-state index contributed by atoms with van der Waals surface area (Å²) in [6.07, 6.45) is 6.65. The lowest BCUT2D eigenvalue weighted by atomic mass is 9.95. The Bertz CT molecular complexity index is 335. The first kappa shape index (κ1) is 12.4. The molecule has 0 heterocycles. The molecule has 1 aromatic carbocycles. The first-order valence-corrected chi connectivity index (χ1v) is 6.58. The highest BCUT2D eigenvalue weighted by Crippen LogP contribution is 2.17. The van der Waals surface area contributed by atoms with Gasteiger partial charge in [-0.2, -0.15) is 0 Å². The van der Waals surface area contributed by atoms with Crippen LogP contribution in [-0.4, -0.2) is 19.1 Å². The molecular weight excluding hydrogens is 215 g/mol. The van der Waals surface area contributed by atoms with Crippen LogP contribution in [0, 0.1) is 5.82 Å². The molecule has 94 valence electrons. The Kier molecular flexibility index (Phi) is 4.80. The smallest absolute Gasteiger partial charge is 0.146 e. The van der Waals surface area contributed by atoms with Gasteiger partial charge in [-0.25, -0.2) is 4.39 Å². The van der Waals surface area contributed by atoms with Crippen LogP contribution in [0.1, 0.15) is 32.1 Å². The number of para-hydroxylation sites is 1. The number of benzene rings is 1. The van der Waals surface area contributed by atoms with Crippen molar-refractivity contribution in [2.24, 2.45) is 0 Å². The summed E-state index contributed by atoms with van der Waals surface area (Å²) in [5, 5.41) is 6.64. The molecule has 0 aliphatic heterocycles. The van der Waals surface area contributed by atoms with Gasteiger partial charge in [0.15, 0.2) is 0 Å². The summed E-state index contributed by atoms with van der Waals surface area (Å²) in [5.41, 5.74) is 0.595. The van der Waals surface area contributed by atoms with Crippen LogP contribution in [0.5, 0.6) is 0 Å². The molecule has 2 nitrogen and oxygen atoms in total. The Labute approximate surface area is 103 Å². The summed E-state index contributed by atoms with van der Waals surface area (Å²) in [6.45, 7) is 1.68. The van der Waals surface area contributed by atoms with E-state index in [-0.39, 0.29) is 5.82 Å². The van der Waals surface area contributed by atoms with Gasteiger partial charge in [0.25, 0.3) is 0 Å². The third kappa shape index (κ3) is 4.00. The van der Waals surface area contributed by atoms with Crippen LogP contribution in [-0.2, 0) is 0 Å². The van der Waals surface area contributed by atoms with E-state index in [1.807, 2.05) is 6.07 Å². The molecule has 2 N–H and O–H groups in total. The van der Waals surface area contributed by atoms with Gasteiger partial charge in [0, 0.05) is 19.1 Å². The van der Waals surface area contributed by atoms with Crippen LogP contribution in [0.3, 0.4) is 0 Å². The first-order valence-electron chi connectivity index (χ1n) is 6.58. The van der Waals surface area contributed by atoms with Gasteiger partial charge in [-0.15, -0.1) is 0 Å². The second kappa shape index (κ2) is 6.60. The van der Waals surface area contributed by atoms with Gasteiger partial charge in [0.1, 0.15) is 5.82 Å². The van der Waals surface area contributed by atoms with Crippen LogP contribution in [0.2, 0.25) is 0 Å². The van der Waals surface area contributed by atoms with Crippen molar-refractivity contribution in [2.45, 2.75) is 38.1 Å². The zero-order valence-corrected chi connectivity index (χ0v) is 10.2. The molecule has 0 atom stereocenters. The summed E-state index contributed by atoms with van der Waals surface area (Å²) in [5.74, 6) is -0.176. The van der Waals surface area contributed by atoms with E-state index in [0.29, 0.717) is 11.7 Å². The zero-order chi connectivity index (χ0) is 11.9. The van der Waals surface area contributed by atoms with Crippen LogP contribution in [0.15, 0.2) is 24.3 Å². The van der Waals surface area contributed by atoms with E-state index in [1.54, 1.807) is 12.1 Å². The van der Waals surface area contributed by atoms with Crippen molar-refractivity contribution < 1.29 is 4.39 Å². The van der Waals surface area contributed by atoms with E-state index >= 15 is 0 Å². The van der Waals surface area contributed by atoms with E-state index in [4.69, 9.17) is 0 Å². The van der Waals surface area contributed by atoms with Crippen LogP contribution in [0.25, 0.3) is 0 Å². The van der Waals surface area contributed by atoms with Crippen LogP contribution < -0.4 is 10.6 Å². The zero-order valence-electron chi connectivity index (χ0n) is 10.2. The Morgan fingerprint density at radius 3 is 2.59 bits per heavy atom. The Morgan fingerprint density at radius 2 is 1.82 bits per heavy atom. The molecule has 1 aliphatic carbocycles. The number of rotatable bonds is 5. The highest BCUT2D eigenvalue weighted by atomic mass is 19.1. The third-order valence-corrected chi connectivity index (χ3v) is 3.35. The van der Waals surface area contributed by atoms with Gasteiger partial charge in [0.05, 0.1) is 5.69 Å². The first-order chi connectivity index (χ1) is 8.36. The predicted octanol–water partition coefficient (Wildman–Crippen LogP) is 3.16. The highest BCUT2D eigenvalue weighted by Gasteiger charge is 2.11. The van der Waals surface area contributed by atoms with E-state index in [2.05, 4.69) is 10.6 Å². The lowest BCUT2D eigenvalue weighted by molar-refractivity contribution is 0.378. The second-order valence-corrected chi connectivity index (χ2v) is 4.70. The Hall–Kier alpha value is -1.09. The maximum Gasteiger partial charge on any atom is 0.146 e. The molecule has 3 heteroatoms. The molecule has 17 heavy (non-hydrogen) atoms. The molecule has 0 saturated heterocycles. The Morgan fingerprint density at radius 1 is 1.06 bits per heavy atom. The van der Waals surface area contributed by atoms with Gasteiger partial charge in [-0.05, 0) is 25.0 Å². The average Bonchev–Trinajstić information content (AvgIpc) is 2.38. The van der Waals surface area contributed by atoms with Gasteiger partial charge in [0.2, 0.25) is 0 Å². The van der Waals surface area contributed by atoms with E-state index in [0.717, 1.165) is 13.1 Å². The molecular formula is C14H21FN2. The largest absolute Gasteiger partial charge is 0.381 e. The molecule has 1 aliphatic rings. The summed E-state index contributed by atoms with van der Waals surface area (Å²) < 4.78 is 13.3. The monoisotopic (exact) mass is 236 g/mol. The fourth-order valence-electron chi connectivity index (χ4n) is 2.38. The van der Waals surface area contributed by atoms with E-state index in [1.165, 1.54) is 38.2 Å². The van der Waals surface area contributed by atoms with Crippen molar-refractivity contribution in [3.63, 3.8) is 0 Å². The standard InChI is InChI=1S/C14H21FN2/c15-13-8-4-5-9-14(13)17-11-10-16-12-6-2-1-3-7-12/h4-5,8-9,12,16-17H,1-3,6-7,10-11H2. The van der Waals surface area contributed by atoms with Crippen LogP contribution >= 0.6 is 0 Å². The number of hydrogen-bond donors (Lipinski definition) is 2. The lowest BCUT2D eigenvalue weighted by Gasteiger charge is -2.23. The van der Waals surface area contributed by atoms with E-state index in [9.17, 15) is 4.39 Å². The topological polar surface area (TPSA) is 24.1 Å². The molecule has 0 unspecified atom stereocenters. The molecule has 0 spiro atoms.